The lowest BCUT2D eigenvalue weighted by molar-refractivity contribution is 0.107. The Kier molecular flexibility index (Phi) is 4.60. The lowest BCUT2D eigenvalue weighted by Gasteiger charge is -2.39. The molecule has 2 nitrogen and oxygen atoms in total. The van der Waals surface area contributed by atoms with Gasteiger partial charge in [-0.2, -0.15) is 0 Å². The van der Waals surface area contributed by atoms with E-state index in [1.807, 2.05) is 0 Å². The predicted molar refractivity (Wildman–Crippen MR) is 73.2 cm³/mol. The van der Waals surface area contributed by atoms with E-state index in [2.05, 4.69) is 11.8 Å². The Morgan fingerprint density at radius 2 is 2.28 bits per heavy atom. The molecule has 0 aromatic heterocycles. The second-order valence-electron chi connectivity index (χ2n) is 5.00. The molecule has 1 aromatic carbocycles. The molecular formula is C14H20ClFN2. The molecule has 1 saturated heterocycles. The maximum Gasteiger partial charge on any atom is 0.129 e. The Morgan fingerprint density at radius 3 is 2.89 bits per heavy atom. The minimum Gasteiger partial charge on any atom is -0.329 e. The number of rotatable bonds is 3. The molecule has 1 aromatic rings. The lowest BCUT2D eigenvalue weighted by Crippen LogP contribution is -2.43. The third kappa shape index (κ3) is 2.85. The fourth-order valence-electron chi connectivity index (χ4n) is 2.80. The lowest BCUT2D eigenvalue weighted by atomic mass is 9.97. The van der Waals surface area contributed by atoms with Gasteiger partial charge in [0, 0.05) is 23.2 Å². The van der Waals surface area contributed by atoms with E-state index in [9.17, 15) is 4.39 Å². The number of nitrogens with zero attached hydrogens (tertiary/aromatic N) is 1. The molecule has 2 N–H and O–H groups in total. The van der Waals surface area contributed by atoms with Gasteiger partial charge in [0.1, 0.15) is 5.82 Å². The maximum atomic E-state index is 14.0. The Labute approximate surface area is 113 Å². The monoisotopic (exact) mass is 270 g/mol. The van der Waals surface area contributed by atoms with Crippen LogP contribution in [0.3, 0.4) is 0 Å². The summed E-state index contributed by atoms with van der Waals surface area (Å²) in [7, 11) is 0. The minimum absolute atomic E-state index is 0.0439. The zero-order chi connectivity index (χ0) is 13.1. The number of hydrogen-bond donors (Lipinski definition) is 1. The normalized spacial score (nSPS) is 23.0. The quantitative estimate of drug-likeness (QED) is 0.913. The molecule has 100 valence electrons. The van der Waals surface area contributed by atoms with E-state index in [0.29, 0.717) is 23.2 Å². The molecule has 2 atom stereocenters. The zero-order valence-electron chi connectivity index (χ0n) is 10.7. The molecule has 1 aliphatic heterocycles. The summed E-state index contributed by atoms with van der Waals surface area (Å²) in [5, 5.41) is 0.429. The van der Waals surface area contributed by atoms with Gasteiger partial charge in [0.2, 0.25) is 0 Å². The highest BCUT2D eigenvalue weighted by atomic mass is 35.5. The Balaban J connectivity index is 2.26. The van der Waals surface area contributed by atoms with Crippen LogP contribution in [0.5, 0.6) is 0 Å². The minimum atomic E-state index is -0.254. The van der Waals surface area contributed by atoms with Crippen LogP contribution in [0.1, 0.15) is 37.8 Å². The highest BCUT2D eigenvalue weighted by Crippen LogP contribution is 2.30. The van der Waals surface area contributed by atoms with Crippen LogP contribution in [-0.4, -0.2) is 24.0 Å². The predicted octanol–water partition coefficient (Wildman–Crippen LogP) is 3.35. The summed E-state index contributed by atoms with van der Waals surface area (Å²) in [6.45, 7) is 3.61. The van der Waals surface area contributed by atoms with Gasteiger partial charge in [-0.05, 0) is 38.4 Å². The number of nitrogens with two attached hydrogens (primary N) is 1. The van der Waals surface area contributed by atoms with Crippen LogP contribution in [-0.2, 0) is 0 Å². The molecule has 0 spiro atoms. The van der Waals surface area contributed by atoms with Gasteiger partial charge in [-0.3, -0.25) is 4.90 Å². The first kappa shape index (κ1) is 13.8. The van der Waals surface area contributed by atoms with Crippen LogP contribution in [0.4, 0.5) is 4.39 Å². The summed E-state index contributed by atoms with van der Waals surface area (Å²) in [4.78, 5) is 2.32. The first-order valence-corrected chi connectivity index (χ1v) is 6.92. The van der Waals surface area contributed by atoms with Crippen molar-refractivity contribution in [3.8, 4) is 0 Å². The standard InChI is InChI=1S/C14H20ClFN2/c1-10-4-2-3-7-18(10)14(9-17)12-6-5-11(15)8-13(12)16/h5-6,8,10,14H,2-4,7,9,17H2,1H3. The second kappa shape index (κ2) is 6.00. The average molecular weight is 271 g/mol. The number of halogens is 2. The van der Waals surface area contributed by atoms with Crippen molar-refractivity contribution >= 4 is 11.6 Å². The van der Waals surface area contributed by atoms with E-state index in [-0.39, 0.29) is 11.9 Å². The first-order chi connectivity index (χ1) is 8.63. The molecule has 1 fully saturated rings. The van der Waals surface area contributed by atoms with Gasteiger partial charge >= 0.3 is 0 Å². The molecule has 0 amide bonds. The molecule has 2 rings (SSSR count). The van der Waals surface area contributed by atoms with Crippen molar-refractivity contribution in [3.05, 3.63) is 34.6 Å². The van der Waals surface area contributed by atoms with Gasteiger partial charge in [-0.1, -0.05) is 24.1 Å². The molecule has 0 saturated carbocycles. The maximum absolute atomic E-state index is 14.0. The van der Waals surface area contributed by atoms with E-state index >= 15 is 0 Å². The van der Waals surface area contributed by atoms with Crippen LogP contribution < -0.4 is 5.73 Å². The molecule has 1 heterocycles. The topological polar surface area (TPSA) is 29.3 Å². The summed E-state index contributed by atoms with van der Waals surface area (Å²) >= 11 is 5.79. The van der Waals surface area contributed by atoms with E-state index in [1.165, 1.54) is 12.5 Å². The molecule has 2 unspecified atom stereocenters. The fraction of sp³-hybridized carbons (Fsp3) is 0.571. The van der Waals surface area contributed by atoms with Gasteiger partial charge in [0.05, 0.1) is 6.04 Å². The van der Waals surface area contributed by atoms with Crippen LogP contribution in [0.2, 0.25) is 5.02 Å². The Morgan fingerprint density at radius 1 is 1.50 bits per heavy atom. The molecule has 0 aliphatic carbocycles. The average Bonchev–Trinajstić information content (AvgIpc) is 2.34. The highest BCUT2D eigenvalue weighted by molar-refractivity contribution is 6.30. The van der Waals surface area contributed by atoms with E-state index in [1.54, 1.807) is 12.1 Å². The van der Waals surface area contributed by atoms with Gasteiger partial charge < -0.3 is 5.73 Å². The SMILES string of the molecule is CC1CCCCN1C(CN)c1ccc(Cl)cc1F. The van der Waals surface area contributed by atoms with Crippen LogP contribution in [0.25, 0.3) is 0 Å². The van der Waals surface area contributed by atoms with Crippen molar-refractivity contribution in [1.29, 1.82) is 0 Å². The summed E-state index contributed by atoms with van der Waals surface area (Å²) in [5.74, 6) is -0.254. The summed E-state index contributed by atoms with van der Waals surface area (Å²) in [6, 6.07) is 5.28. The number of piperidine rings is 1. The van der Waals surface area contributed by atoms with Gasteiger partial charge in [-0.25, -0.2) is 4.39 Å². The van der Waals surface area contributed by atoms with Crippen LogP contribution in [0, 0.1) is 5.82 Å². The van der Waals surface area contributed by atoms with Gasteiger partial charge in [-0.15, -0.1) is 0 Å². The van der Waals surface area contributed by atoms with Crippen molar-refractivity contribution in [1.82, 2.24) is 4.90 Å². The summed E-state index contributed by atoms with van der Waals surface area (Å²) < 4.78 is 14.0. The number of benzene rings is 1. The van der Waals surface area contributed by atoms with E-state index in [0.717, 1.165) is 19.4 Å². The van der Waals surface area contributed by atoms with Crippen molar-refractivity contribution in [2.45, 2.75) is 38.3 Å². The Hall–Kier alpha value is -0.640. The summed E-state index contributed by atoms with van der Waals surface area (Å²) in [6.07, 6.45) is 3.57. The van der Waals surface area contributed by atoms with Gasteiger partial charge in [0.15, 0.2) is 0 Å². The molecule has 1 aliphatic rings. The van der Waals surface area contributed by atoms with Crippen molar-refractivity contribution < 1.29 is 4.39 Å². The molecule has 18 heavy (non-hydrogen) atoms. The van der Waals surface area contributed by atoms with Crippen molar-refractivity contribution in [3.63, 3.8) is 0 Å². The van der Waals surface area contributed by atoms with E-state index < -0.39 is 0 Å². The highest BCUT2D eigenvalue weighted by Gasteiger charge is 2.27. The second-order valence-corrected chi connectivity index (χ2v) is 5.44. The number of likely N-dealkylation sites (tertiary alicyclic amines) is 1. The smallest absolute Gasteiger partial charge is 0.129 e. The Bertz CT molecular complexity index is 411. The van der Waals surface area contributed by atoms with Crippen LogP contribution in [0.15, 0.2) is 18.2 Å². The van der Waals surface area contributed by atoms with Gasteiger partial charge in [0.25, 0.3) is 0 Å². The first-order valence-electron chi connectivity index (χ1n) is 6.54. The fourth-order valence-corrected chi connectivity index (χ4v) is 2.95. The molecular weight excluding hydrogens is 251 g/mol. The molecule has 0 radical (unpaired) electrons. The van der Waals surface area contributed by atoms with Crippen molar-refractivity contribution in [2.75, 3.05) is 13.1 Å². The third-order valence-electron chi connectivity index (χ3n) is 3.80. The largest absolute Gasteiger partial charge is 0.329 e. The van der Waals surface area contributed by atoms with E-state index in [4.69, 9.17) is 17.3 Å². The number of hydrogen-bond acceptors (Lipinski definition) is 2. The van der Waals surface area contributed by atoms with Crippen LogP contribution >= 0.6 is 11.6 Å². The summed E-state index contributed by atoms with van der Waals surface area (Å²) in [5.41, 5.74) is 6.53. The zero-order valence-corrected chi connectivity index (χ0v) is 11.5. The molecule has 0 bridgehead atoms. The third-order valence-corrected chi connectivity index (χ3v) is 4.03. The van der Waals surface area contributed by atoms with Crippen molar-refractivity contribution in [2.24, 2.45) is 5.73 Å². The molecule has 4 heteroatoms.